The zero-order valence-electron chi connectivity index (χ0n) is 17.6. The van der Waals surface area contributed by atoms with Crippen LogP contribution >= 0.6 is 23.1 Å². The van der Waals surface area contributed by atoms with Crippen molar-refractivity contribution in [1.29, 1.82) is 0 Å². The summed E-state index contributed by atoms with van der Waals surface area (Å²) in [5, 5.41) is 10.6. The lowest BCUT2D eigenvalue weighted by atomic mass is 10.2. The van der Waals surface area contributed by atoms with Gasteiger partial charge in [-0.25, -0.2) is 8.42 Å². The zero-order valence-corrected chi connectivity index (χ0v) is 20.0. The van der Waals surface area contributed by atoms with Gasteiger partial charge in [-0.3, -0.25) is 14.9 Å². The summed E-state index contributed by atoms with van der Waals surface area (Å²) >= 11 is 2.24. The van der Waals surface area contributed by atoms with Gasteiger partial charge in [0.1, 0.15) is 10.6 Å². The van der Waals surface area contributed by atoms with E-state index in [0.717, 1.165) is 23.1 Å². The minimum absolute atomic E-state index is 0.0848. The third kappa shape index (κ3) is 6.38. The quantitative estimate of drug-likeness (QED) is 0.288. The van der Waals surface area contributed by atoms with Crippen molar-refractivity contribution in [2.75, 3.05) is 37.9 Å². The first-order valence-corrected chi connectivity index (χ1v) is 12.6. The van der Waals surface area contributed by atoms with Crippen LogP contribution in [0, 0.1) is 0 Å². The highest BCUT2D eigenvalue weighted by Gasteiger charge is 2.27. The summed E-state index contributed by atoms with van der Waals surface area (Å²) in [6, 6.07) is 4.18. The van der Waals surface area contributed by atoms with Gasteiger partial charge in [-0.2, -0.15) is 4.31 Å². The molecule has 31 heavy (non-hydrogen) atoms. The van der Waals surface area contributed by atoms with E-state index in [9.17, 15) is 18.0 Å². The third-order valence-electron chi connectivity index (χ3n) is 3.99. The smallest absolute Gasteiger partial charge is 0.316 e. The Morgan fingerprint density at radius 2 is 1.90 bits per heavy atom. The summed E-state index contributed by atoms with van der Waals surface area (Å²) < 4.78 is 37.7. The molecular formula is C18H24N4O6S3. The summed E-state index contributed by atoms with van der Waals surface area (Å²) in [5.74, 6) is -0.677. The maximum absolute atomic E-state index is 12.9. The normalized spacial score (nSPS) is 11.4. The molecule has 0 aliphatic heterocycles. The van der Waals surface area contributed by atoms with Gasteiger partial charge in [-0.1, -0.05) is 36.9 Å². The lowest BCUT2D eigenvalue weighted by Gasteiger charge is -2.20. The Labute approximate surface area is 189 Å². The molecule has 0 unspecified atom stereocenters. The molecule has 1 amide bonds. The van der Waals surface area contributed by atoms with E-state index in [1.807, 2.05) is 0 Å². The fourth-order valence-electron chi connectivity index (χ4n) is 2.53. The molecule has 1 aromatic heterocycles. The molecule has 0 aliphatic rings. The molecule has 0 saturated heterocycles. The van der Waals surface area contributed by atoms with Crippen LogP contribution in [-0.4, -0.2) is 67.4 Å². The number of ether oxygens (including phenoxy) is 2. The molecule has 170 valence electrons. The van der Waals surface area contributed by atoms with Gasteiger partial charge in [-0.15, -0.1) is 10.2 Å². The largest absolute Gasteiger partial charge is 0.495 e. The predicted molar refractivity (Wildman–Crippen MR) is 118 cm³/mol. The molecule has 0 fully saturated rings. The molecule has 13 heteroatoms. The van der Waals surface area contributed by atoms with E-state index in [2.05, 4.69) is 15.5 Å². The Bertz CT molecular complexity index is 1020. The van der Waals surface area contributed by atoms with Crippen LogP contribution < -0.4 is 10.1 Å². The monoisotopic (exact) mass is 488 g/mol. The minimum Gasteiger partial charge on any atom is -0.495 e. The van der Waals surface area contributed by atoms with Crippen molar-refractivity contribution >= 4 is 50.1 Å². The average Bonchev–Trinajstić information content (AvgIpc) is 3.20. The number of rotatable bonds is 11. The second kappa shape index (κ2) is 11.4. The fourth-order valence-corrected chi connectivity index (χ4v) is 5.72. The molecule has 1 heterocycles. The number of carbonyl (C=O) groups excluding carboxylic acids is 2. The van der Waals surface area contributed by atoms with Gasteiger partial charge < -0.3 is 9.47 Å². The van der Waals surface area contributed by atoms with Gasteiger partial charge >= 0.3 is 5.97 Å². The Morgan fingerprint density at radius 1 is 1.19 bits per heavy atom. The number of nitrogens with one attached hydrogen (secondary N) is 1. The molecule has 2 rings (SSSR count). The molecule has 0 spiro atoms. The number of aromatic nitrogens is 2. The van der Waals surface area contributed by atoms with Crippen LogP contribution in [0.5, 0.6) is 5.75 Å². The van der Waals surface area contributed by atoms with Crippen molar-refractivity contribution in [2.24, 2.45) is 0 Å². The number of nitrogens with zero attached hydrogens (tertiary/aromatic N) is 3. The Balaban J connectivity index is 2.19. The number of amides is 1. The third-order valence-corrected chi connectivity index (χ3v) is 8.01. The van der Waals surface area contributed by atoms with E-state index >= 15 is 0 Å². The van der Waals surface area contributed by atoms with E-state index in [1.165, 1.54) is 29.6 Å². The van der Waals surface area contributed by atoms with Crippen molar-refractivity contribution in [1.82, 2.24) is 14.5 Å². The molecule has 0 radical (unpaired) electrons. The number of benzene rings is 1. The van der Waals surface area contributed by atoms with Gasteiger partial charge in [0, 0.05) is 18.7 Å². The fraction of sp³-hybridized carbons (Fsp3) is 0.444. The van der Waals surface area contributed by atoms with E-state index < -0.39 is 15.9 Å². The first-order valence-electron chi connectivity index (χ1n) is 9.38. The molecule has 0 atom stereocenters. The Kier molecular flexibility index (Phi) is 9.22. The molecule has 2 aromatic rings. The van der Waals surface area contributed by atoms with Crippen LogP contribution in [0.3, 0.4) is 0 Å². The summed E-state index contributed by atoms with van der Waals surface area (Å²) in [6.45, 7) is 6.06. The predicted octanol–water partition coefficient (Wildman–Crippen LogP) is 2.48. The maximum atomic E-state index is 12.9. The number of hydrogen-bond acceptors (Lipinski definition) is 10. The maximum Gasteiger partial charge on any atom is 0.316 e. The number of thioether (sulfide) groups is 1. The minimum atomic E-state index is -3.83. The highest BCUT2D eigenvalue weighted by atomic mass is 32.2. The topological polar surface area (TPSA) is 128 Å². The summed E-state index contributed by atoms with van der Waals surface area (Å²) in [6.07, 6.45) is 0. The standard InChI is InChI=1S/C18H24N4O6S3/c1-5-22(6-2)31(25,26)14-10-12(8-9-13(14)27-4)16(24)19-17-20-21-18(30-17)29-11-15(23)28-7-3/h8-10H,5-7,11H2,1-4H3,(H,19,20,24). The van der Waals surface area contributed by atoms with E-state index in [4.69, 9.17) is 9.47 Å². The SMILES string of the molecule is CCOC(=O)CSc1nnc(NC(=O)c2ccc(OC)c(S(=O)(=O)N(CC)CC)c2)s1. The molecule has 1 aromatic carbocycles. The lowest BCUT2D eigenvalue weighted by Crippen LogP contribution is -2.31. The van der Waals surface area contributed by atoms with Crippen molar-refractivity contribution < 1.29 is 27.5 Å². The second-order valence-electron chi connectivity index (χ2n) is 5.88. The van der Waals surface area contributed by atoms with Crippen LogP contribution in [-0.2, 0) is 19.6 Å². The van der Waals surface area contributed by atoms with Crippen molar-refractivity contribution in [3.05, 3.63) is 23.8 Å². The molecule has 1 N–H and O–H groups in total. The number of hydrogen-bond donors (Lipinski definition) is 1. The van der Waals surface area contributed by atoms with Crippen LogP contribution in [0.15, 0.2) is 27.4 Å². The summed E-state index contributed by atoms with van der Waals surface area (Å²) in [7, 11) is -2.47. The number of methoxy groups -OCH3 is 1. The Morgan fingerprint density at radius 3 is 2.52 bits per heavy atom. The molecular weight excluding hydrogens is 464 g/mol. The second-order valence-corrected chi connectivity index (χ2v) is 9.98. The summed E-state index contributed by atoms with van der Waals surface area (Å²) in [4.78, 5) is 24.0. The van der Waals surface area contributed by atoms with Gasteiger partial charge in [0.2, 0.25) is 15.2 Å². The molecule has 0 aliphatic carbocycles. The number of carbonyl (C=O) groups is 2. The van der Waals surface area contributed by atoms with Gasteiger partial charge in [0.05, 0.1) is 19.5 Å². The number of esters is 1. The average molecular weight is 489 g/mol. The van der Waals surface area contributed by atoms with Crippen LogP contribution in [0.2, 0.25) is 0 Å². The lowest BCUT2D eigenvalue weighted by molar-refractivity contribution is -0.139. The zero-order chi connectivity index (χ0) is 23.0. The van der Waals surface area contributed by atoms with Crippen molar-refractivity contribution in [2.45, 2.75) is 30.0 Å². The first-order chi connectivity index (χ1) is 14.8. The van der Waals surface area contributed by atoms with Crippen LogP contribution in [0.25, 0.3) is 0 Å². The Hall–Kier alpha value is -2.22. The first kappa shape index (κ1) is 25.0. The molecule has 10 nitrogen and oxygen atoms in total. The van der Waals surface area contributed by atoms with Gasteiger partial charge in [0.15, 0.2) is 4.34 Å². The molecule has 0 bridgehead atoms. The van der Waals surface area contributed by atoms with Gasteiger partial charge in [0.25, 0.3) is 5.91 Å². The van der Waals surface area contributed by atoms with E-state index in [-0.39, 0.29) is 46.2 Å². The van der Waals surface area contributed by atoms with Crippen molar-refractivity contribution in [3.63, 3.8) is 0 Å². The van der Waals surface area contributed by atoms with Gasteiger partial charge in [-0.05, 0) is 25.1 Å². The highest BCUT2D eigenvalue weighted by molar-refractivity contribution is 8.01. The van der Waals surface area contributed by atoms with E-state index in [1.54, 1.807) is 20.8 Å². The van der Waals surface area contributed by atoms with Crippen molar-refractivity contribution in [3.8, 4) is 5.75 Å². The summed E-state index contributed by atoms with van der Waals surface area (Å²) in [5.41, 5.74) is 0.127. The van der Waals surface area contributed by atoms with E-state index in [0.29, 0.717) is 10.9 Å². The van der Waals surface area contributed by atoms with Crippen LogP contribution in [0.4, 0.5) is 5.13 Å². The van der Waals surface area contributed by atoms with Crippen LogP contribution in [0.1, 0.15) is 31.1 Å². The number of anilines is 1. The highest BCUT2D eigenvalue weighted by Crippen LogP contribution is 2.29. The molecule has 0 saturated carbocycles. The number of sulfonamides is 1.